The van der Waals surface area contributed by atoms with E-state index in [2.05, 4.69) is 20.7 Å². The summed E-state index contributed by atoms with van der Waals surface area (Å²) in [6.45, 7) is 1.71. The topological polar surface area (TPSA) is 46.2 Å². The van der Waals surface area contributed by atoms with Gasteiger partial charge in [-0.15, -0.1) is 11.3 Å². The van der Waals surface area contributed by atoms with Crippen LogP contribution in [0.25, 0.3) is 11.1 Å². The average Bonchev–Trinajstić information content (AvgIpc) is 2.94. The van der Waals surface area contributed by atoms with Crippen LogP contribution in [-0.4, -0.2) is 8.42 Å². The molecule has 0 aliphatic carbocycles. The summed E-state index contributed by atoms with van der Waals surface area (Å²) in [5.41, 5.74) is 1.48. The van der Waals surface area contributed by atoms with Crippen molar-refractivity contribution in [2.75, 3.05) is 4.72 Å². The Morgan fingerprint density at radius 2 is 1.96 bits per heavy atom. The maximum atomic E-state index is 14.2. The van der Waals surface area contributed by atoms with Crippen LogP contribution < -0.4 is 4.72 Å². The van der Waals surface area contributed by atoms with Crippen molar-refractivity contribution in [3.63, 3.8) is 0 Å². The molecule has 0 bridgehead atoms. The fraction of sp³-hybridized carbons (Fsp3) is 0.0588. The molecule has 0 saturated carbocycles. The monoisotopic (exact) mass is 459 g/mol. The van der Waals surface area contributed by atoms with Crippen LogP contribution in [-0.2, 0) is 10.0 Å². The van der Waals surface area contributed by atoms with E-state index in [1.54, 1.807) is 35.9 Å². The Balaban J connectivity index is 2.04. The molecule has 0 saturated heterocycles. The fourth-order valence-corrected chi connectivity index (χ4v) is 5.32. The van der Waals surface area contributed by atoms with Gasteiger partial charge in [-0.1, -0.05) is 33.6 Å². The van der Waals surface area contributed by atoms with Crippen molar-refractivity contribution in [3.05, 3.63) is 68.0 Å². The highest BCUT2D eigenvalue weighted by Gasteiger charge is 2.21. The van der Waals surface area contributed by atoms with Crippen LogP contribution in [0.2, 0.25) is 5.02 Å². The van der Waals surface area contributed by atoms with E-state index in [1.165, 1.54) is 29.5 Å². The molecule has 0 amide bonds. The van der Waals surface area contributed by atoms with Crippen LogP contribution in [0, 0.1) is 12.7 Å². The van der Waals surface area contributed by atoms with Gasteiger partial charge in [-0.25, -0.2) is 12.8 Å². The highest BCUT2D eigenvalue weighted by atomic mass is 79.9. The van der Waals surface area contributed by atoms with Crippen molar-refractivity contribution in [1.29, 1.82) is 0 Å². The Morgan fingerprint density at radius 1 is 1.20 bits per heavy atom. The smallest absolute Gasteiger partial charge is 0.262 e. The molecule has 8 heteroatoms. The first-order valence-corrected chi connectivity index (χ1v) is 10.7. The van der Waals surface area contributed by atoms with Crippen molar-refractivity contribution in [1.82, 2.24) is 0 Å². The summed E-state index contributed by atoms with van der Waals surface area (Å²) in [5.74, 6) is -0.508. The predicted molar refractivity (Wildman–Crippen MR) is 104 cm³/mol. The highest BCUT2D eigenvalue weighted by Crippen LogP contribution is 2.39. The van der Waals surface area contributed by atoms with Crippen LogP contribution in [0.5, 0.6) is 0 Å². The Kier molecular flexibility index (Phi) is 5.20. The molecule has 25 heavy (non-hydrogen) atoms. The molecule has 3 nitrogen and oxygen atoms in total. The average molecular weight is 461 g/mol. The van der Waals surface area contributed by atoms with Crippen molar-refractivity contribution >= 4 is 54.6 Å². The van der Waals surface area contributed by atoms with Gasteiger partial charge in [-0.2, -0.15) is 0 Å². The molecule has 0 radical (unpaired) electrons. The van der Waals surface area contributed by atoms with E-state index in [1.807, 2.05) is 0 Å². The van der Waals surface area contributed by atoms with E-state index < -0.39 is 15.8 Å². The minimum absolute atomic E-state index is 0.160. The van der Waals surface area contributed by atoms with Gasteiger partial charge in [0.15, 0.2) is 0 Å². The van der Waals surface area contributed by atoms with E-state index in [0.717, 1.165) is 4.47 Å². The van der Waals surface area contributed by atoms with E-state index in [4.69, 9.17) is 11.6 Å². The Bertz CT molecular complexity index is 1030. The number of aryl methyl sites for hydroxylation is 1. The summed E-state index contributed by atoms with van der Waals surface area (Å²) < 4.78 is 43.0. The Labute approximate surface area is 162 Å². The summed E-state index contributed by atoms with van der Waals surface area (Å²) in [7, 11) is -3.82. The van der Waals surface area contributed by atoms with Crippen molar-refractivity contribution in [2.45, 2.75) is 11.8 Å². The molecule has 2 aromatic carbocycles. The largest absolute Gasteiger partial charge is 0.278 e. The van der Waals surface area contributed by atoms with Gasteiger partial charge in [0.05, 0.1) is 15.6 Å². The Morgan fingerprint density at radius 3 is 2.64 bits per heavy atom. The lowest BCUT2D eigenvalue weighted by Crippen LogP contribution is -2.14. The zero-order chi connectivity index (χ0) is 18.2. The standard InChI is InChI=1S/C17H12BrClFNO2S2/c1-10-7-11(18)5-6-16(10)25(22,23)21-15-9-24-8-12(15)17-13(19)3-2-4-14(17)20/h2-9,21H,1H3. The first kappa shape index (κ1) is 18.4. The number of hydrogen-bond acceptors (Lipinski definition) is 3. The second-order valence-electron chi connectivity index (χ2n) is 5.31. The van der Waals surface area contributed by atoms with Crippen LogP contribution in [0.3, 0.4) is 0 Å². The second-order valence-corrected chi connectivity index (χ2v) is 9.03. The summed E-state index contributed by atoms with van der Waals surface area (Å²) in [6, 6.07) is 9.25. The maximum Gasteiger partial charge on any atom is 0.262 e. The molecule has 130 valence electrons. The quantitative estimate of drug-likeness (QED) is 0.513. The number of thiophene rings is 1. The molecule has 0 aliphatic rings. The maximum absolute atomic E-state index is 14.2. The highest BCUT2D eigenvalue weighted by molar-refractivity contribution is 9.10. The number of sulfonamides is 1. The van der Waals surface area contributed by atoms with E-state index in [0.29, 0.717) is 16.8 Å². The van der Waals surface area contributed by atoms with Gasteiger partial charge in [-0.05, 0) is 42.8 Å². The zero-order valence-electron chi connectivity index (χ0n) is 12.9. The minimum Gasteiger partial charge on any atom is -0.278 e. The molecule has 1 N–H and O–H groups in total. The summed E-state index contributed by atoms with van der Waals surface area (Å²) in [4.78, 5) is 0.160. The van der Waals surface area contributed by atoms with Gasteiger partial charge in [0, 0.05) is 26.4 Å². The number of rotatable bonds is 4. The van der Waals surface area contributed by atoms with E-state index >= 15 is 0 Å². The molecule has 3 aromatic rings. The number of halogens is 3. The third-order valence-electron chi connectivity index (χ3n) is 3.56. The second kappa shape index (κ2) is 7.07. The first-order valence-electron chi connectivity index (χ1n) is 7.09. The van der Waals surface area contributed by atoms with E-state index in [-0.39, 0.29) is 15.5 Å². The molecule has 1 aromatic heterocycles. The number of benzene rings is 2. The van der Waals surface area contributed by atoms with Crippen molar-refractivity contribution < 1.29 is 12.8 Å². The lowest BCUT2D eigenvalue weighted by atomic mass is 10.1. The number of nitrogens with one attached hydrogen (secondary N) is 1. The normalized spacial score (nSPS) is 11.5. The first-order chi connectivity index (χ1) is 11.8. The SMILES string of the molecule is Cc1cc(Br)ccc1S(=O)(=O)Nc1cscc1-c1c(F)cccc1Cl. The molecule has 3 rings (SSSR count). The molecule has 0 fully saturated rings. The molecule has 0 atom stereocenters. The molecule has 0 spiro atoms. The third-order valence-corrected chi connectivity index (χ3v) is 6.64. The number of anilines is 1. The lowest BCUT2D eigenvalue weighted by molar-refractivity contribution is 0.600. The molecular formula is C17H12BrClFNO2S2. The van der Waals surface area contributed by atoms with Crippen LogP contribution in [0.15, 0.2) is 56.5 Å². The molecule has 1 heterocycles. The molecular weight excluding hydrogens is 449 g/mol. The molecule has 0 aliphatic heterocycles. The van der Waals surface area contributed by atoms with Crippen LogP contribution >= 0.6 is 38.9 Å². The molecule has 0 unspecified atom stereocenters. The van der Waals surface area contributed by atoms with Crippen molar-refractivity contribution in [2.24, 2.45) is 0 Å². The van der Waals surface area contributed by atoms with Crippen LogP contribution in [0.1, 0.15) is 5.56 Å². The van der Waals surface area contributed by atoms with Crippen LogP contribution in [0.4, 0.5) is 10.1 Å². The van der Waals surface area contributed by atoms with Gasteiger partial charge >= 0.3 is 0 Å². The van der Waals surface area contributed by atoms with Gasteiger partial charge < -0.3 is 0 Å². The summed E-state index contributed by atoms with van der Waals surface area (Å²) in [5, 5.41) is 3.50. The van der Waals surface area contributed by atoms with E-state index in [9.17, 15) is 12.8 Å². The Hall–Kier alpha value is -1.41. The van der Waals surface area contributed by atoms with Gasteiger partial charge in [0.1, 0.15) is 5.82 Å². The third kappa shape index (κ3) is 3.74. The number of hydrogen-bond donors (Lipinski definition) is 1. The van der Waals surface area contributed by atoms with Crippen molar-refractivity contribution in [3.8, 4) is 11.1 Å². The lowest BCUT2D eigenvalue weighted by Gasteiger charge is -2.12. The zero-order valence-corrected chi connectivity index (χ0v) is 16.9. The summed E-state index contributed by atoms with van der Waals surface area (Å²) >= 11 is 10.7. The van der Waals surface area contributed by atoms with Gasteiger partial charge in [0.25, 0.3) is 10.0 Å². The minimum atomic E-state index is -3.82. The van der Waals surface area contributed by atoms with Gasteiger partial charge in [0.2, 0.25) is 0 Å². The fourth-order valence-electron chi connectivity index (χ4n) is 2.44. The van der Waals surface area contributed by atoms with Gasteiger partial charge in [-0.3, -0.25) is 4.72 Å². The predicted octanol–water partition coefficient (Wildman–Crippen LogP) is 6.08. The summed E-state index contributed by atoms with van der Waals surface area (Å²) in [6.07, 6.45) is 0.